The van der Waals surface area contributed by atoms with Crippen LogP contribution in [0.5, 0.6) is 0 Å². The van der Waals surface area contributed by atoms with E-state index in [2.05, 4.69) is 26.7 Å². The molecule has 4 rings (SSSR count). The lowest BCUT2D eigenvalue weighted by Gasteiger charge is -2.21. The molecule has 1 saturated heterocycles. The Balaban J connectivity index is 1.69. The van der Waals surface area contributed by atoms with Gasteiger partial charge in [0.25, 0.3) is 0 Å². The van der Waals surface area contributed by atoms with E-state index >= 15 is 0 Å². The van der Waals surface area contributed by atoms with E-state index < -0.39 is 0 Å². The number of nitrogens with zero attached hydrogens (tertiary/aromatic N) is 3. The first kappa shape index (κ1) is 15.1. The fraction of sp³-hybridized carbons (Fsp3) is 0.389. The summed E-state index contributed by atoms with van der Waals surface area (Å²) in [5.41, 5.74) is 4.20. The van der Waals surface area contributed by atoms with Crippen LogP contribution in [0.15, 0.2) is 30.5 Å². The van der Waals surface area contributed by atoms with Crippen molar-refractivity contribution in [2.24, 2.45) is 0 Å². The normalized spacial score (nSPS) is 19.4. The quantitative estimate of drug-likeness (QED) is 0.902. The Bertz CT molecular complexity index is 770. The van der Waals surface area contributed by atoms with E-state index in [0.29, 0.717) is 5.95 Å². The maximum Gasteiger partial charge on any atom is 0.244 e. The summed E-state index contributed by atoms with van der Waals surface area (Å²) in [5, 5.41) is 6.28. The third-order valence-corrected chi connectivity index (χ3v) is 4.81. The number of benzene rings is 1. The van der Waals surface area contributed by atoms with Gasteiger partial charge in [-0.25, -0.2) is 9.97 Å². The fourth-order valence-electron chi connectivity index (χ4n) is 3.62. The molecule has 0 bridgehead atoms. The lowest BCUT2D eigenvalue weighted by atomic mass is 10.0. The SMILES string of the molecule is CNc1nccc(-c2cccc3c2CCN3C(=O)C2CCCN2)n1. The highest BCUT2D eigenvalue weighted by Crippen LogP contribution is 2.36. The Kier molecular flexibility index (Phi) is 3.90. The topological polar surface area (TPSA) is 70.2 Å². The molecule has 124 valence electrons. The second-order valence-electron chi connectivity index (χ2n) is 6.21. The molecule has 1 atom stereocenters. The number of hydrogen-bond acceptors (Lipinski definition) is 5. The predicted molar refractivity (Wildman–Crippen MR) is 94.1 cm³/mol. The highest BCUT2D eigenvalue weighted by molar-refractivity contribution is 6.00. The van der Waals surface area contributed by atoms with Crippen molar-refractivity contribution in [3.05, 3.63) is 36.0 Å². The van der Waals surface area contributed by atoms with E-state index in [-0.39, 0.29) is 11.9 Å². The van der Waals surface area contributed by atoms with Crippen molar-refractivity contribution in [1.29, 1.82) is 0 Å². The van der Waals surface area contributed by atoms with Gasteiger partial charge in [0.05, 0.1) is 11.7 Å². The summed E-state index contributed by atoms with van der Waals surface area (Å²) in [6.07, 6.45) is 4.63. The van der Waals surface area contributed by atoms with Crippen LogP contribution in [0.25, 0.3) is 11.3 Å². The molecule has 2 aliphatic rings. The molecule has 2 aromatic rings. The molecule has 1 aromatic heterocycles. The van der Waals surface area contributed by atoms with Crippen LogP contribution >= 0.6 is 0 Å². The molecule has 2 N–H and O–H groups in total. The van der Waals surface area contributed by atoms with Crippen LogP contribution in [0.4, 0.5) is 11.6 Å². The van der Waals surface area contributed by atoms with Gasteiger partial charge in [-0.3, -0.25) is 4.79 Å². The van der Waals surface area contributed by atoms with Crippen LogP contribution in [0.2, 0.25) is 0 Å². The molecule has 1 fully saturated rings. The van der Waals surface area contributed by atoms with Gasteiger partial charge in [0.15, 0.2) is 0 Å². The van der Waals surface area contributed by atoms with E-state index in [4.69, 9.17) is 0 Å². The molecule has 0 aliphatic carbocycles. The Morgan fingerprint density at radius 1 is 1.38 bits per heavy atom. The highest BCUT2D eigenvalue weighted by Gasteiger charge is 2.32. The van der Waals surface area contributed by atoms with E-state index in [0.717, 1.165) is 49.3 Å². The second kappa shape index (κ2) is 6.20. The third-order valence-electron chi connectivity index (χ3n) is 4.81. The number of hydrogen-bond donors (Lipinski definition) is 2. The molecule has 0 spiro atoms. The zero-order chi connectivity index (χ0) is 16.5. The Labute approximate surface area is 141 Å². The monoisotopic (exact) mass is 323 g/mol. The number of aromatic nitrogens is 2. The van der Waals surface area contributed by atoms with Crippen molar-refractivity contribution >= 4 is 17.5 Å². The van der Waals surface area contributed by atoms with Gasteiger partial charge in [-0.05, 0) is 43.5 Å². The van der Waals surface area contributed by atoms with Gasteiger partial charge < -0.3 is 15.5 Å². The van der Waals surface area contributed by atoms with Gasteiger partial charge in [-0.15, -0.1) is 0 Å². The summed E-state index contributed by atoms with van der Waals surface area (Å²) in [6.45, 7) is 1.68. The van der Waals surface area contributed by atoms with Crippen LogP contribution in [0.3, 0.4) is 0 Å². The minimum absolute atomic E-state index is 0.0328. The van der Waals surface area contributed by atoms with Gasteiger partial charge in [0.2, 0.25) is 11.9 Å². The van der Waals surface area contributed by atoms with Crippen molar-refractivity contribution in [2.45, 2.75) is 25.3 Å². The first-order valence-corrected chi connectivity index (χ1v) is 8.46. The number of rotatable bonds is 3. The van der Waals surface area contributed by atoms with E-state index in [1.54, 1.807) is 6.20 Å². The first-order chi connectivity index (χ1) is 11.8. The molecule has 2 aliphatic heterocycles. The molecule has 0 saturated carbocycles. The summed E-state index contributed by atoms with van der Waals surface area (Å²) in [4.78, 5) is 23.4. The van der Waals surface area contributed by atoms with Crippen LogP contribution in [-0.2, 0) is 11.2 Å². The standard InChI is InChI=1S/C18H21N5O/c1-19-18-21-10-7-14(22-18)12-4-2-6-16-13(12)8-11-23(16)17(24)15-5-3-9-20-15/h2,4,6-7,10,15,20H,3,5,8-9,11H2,1H3,(H,19,21,22). The summed E-state index contributed by atoms with van der Waals surface area (Å²) in [7, 11) is 1.81. The lowest BCUT2D eigenvalue weighted by Crippen LogP contribution is -2.42. The Morgan fingerprint density at radius 2 is 2.29 bits per heavy atom. The molecule has 1 unspecified atom stereocenters. The van der Waals surface area contributed by atoms with Crippen molar-refractivity contribution in [1.82, 2.24) is 15.3 Å². The maximum absolute atomic E-state index is 12.8. The summed E-state index contributed by atoms with van der Waals surface area (Å²) >= 11 is 0. The number of carbonyl (C=O) groups is 1. The second-order valence-corrected chi connectivity index (χ2v) is 6.21. The smallest absolute Gasteiger partial charge is 0.244 e. The van der Waals surface area contributed by atoms with Crippen molar-refractivity contribution in [3.8, 4) is 11.3 Å². The van der Waals surface area contributed by atoms with Crippen LogP contribution in [0.1, 0.15) is 18.4 Å². The molecule has 0 radical (unpaired) electrons. The Hall–Kier alpha value is -2.47. The largest absolute Gasteiger partial charge is 0.357 e. The summed E-state index contributed by atoms with van der Waals surface area (Å²) in [6, 6.07) is 8.00. The summed E-state index contributed by atoms with van der Waals surface area (Å²) in [5.74, 6) is 0.799. The zero-order valence-corrected chi connectivity index (χ0v) is 13.7. The van der Waals surface area contributed by atoms with Gasteiger partial charge in [0.1, 0.15) is 0 Å². The van der Waals surface area contributed by atoms with Crippen molar-refractivity contribution < 1.29 is 4.79 Å². The number of anilines is 2. The van der Waals surface area contributed by atoms with Crippen LogP contribution in [0, 0.1) is 0 Å². The molecule has 24 heavy (non-hydrogen) atoms. The average molecular weight is 323 g/mol. The number of fused-ring (bicyclic) bond motifs is 1. The fourth-order valence-corrected chi connectivity index (χ4v) is 3.62. The van der Waals surface area contributed by atoms with Crippen molar-refractivity contribution in [2.75, 3.05) is 30.4 Å². The first-order valence-electron chi connectivity index (χ1n) is 8.46. The van der Waals surface area contributed by atoms with Crippen molar-refractivity contribution in [3.63, 3.8) is 0 Å². The van der Waals surface area contributed by atoms with Gasteiger partial charge in [-0.2, -0.15) is 0 Å². The molecule has 6 heteroatoms. The zero-order valence-electron chi connectivity index (χ0n) is 13.7. The van der Waals surface area contributed by atoms with Gasteiger partial charge in [0, 0.05) is 31.0 Å². The van der Waals surface area contributed by atoms with E-state index in [1.807, 2.05) is 30.1 Å². The number of nitrogens with one attached hydrogen (secondary N) is 2. The Morgan fingerprint density at radius 3 is 3.08 bits per heavy atom. The lowest BCUT2D eigenvalue weighted by molar-refractivity contribution is -0.120. The molecule has 3 heterocycles. The van der Waals surface area contributed by atoms with Crippen LogP contribution in [-0.4, -0.2) is 42.1 Å². The maximum atomic E-state index is 12.8. The molecule has 1 amide bonds. The molecule has 6 nitrogen and oxygen atoms in total. The molecule has 1 aromatic carbocycles. The van der Waals surface area contributed by atoms with Crippen LogP contribution < -0.4 is 15.5 Å². The van der Waals surface area contributed by atoms with E-state index in [9.17, 15) is 4.79 Å². The van der Waals surface area contributed by atoms with Gasteiger partial charge >= 0.3 is 0 Å². The van der Waals surface area contributed by atoms with Gasteiger partial charge in [-0.1, -0.05) is 12.1 Å². The minimum atomic E-state index is -0.0328. The highest BCUT2D eigenvalue weighted by atomic mass is 16.2. The van der Waals surface area contributed by atoms with E-state index in [1.165, 1.54) is 5.56 Å². The minimum Gasteiger partial charge on any atom is -0.357 e. The number of amides is 1. The number of carbonyl (C=O) groups excluding carboxylic acids is 1. The average Bonchev–Trinajstić information content (AvgIpc) is 3.30. The predicted octanol–water partition coefficient (Wildman–Crippen LogP) is 1.83. The molecular weight excluding hydrogens is 302 g/mol. The third kappa shape index (κ3) is 2.53. The molecular formula is C18H21N5O. The summed E-state index contributed by atoms with van der Waals surface area (Å²) < 4.78 is 0.